The highest BCUT2D eigenvalue weighted by molar-refractivity contribution is 5.51. The molecule has 4 nitrogen and oxygen atoms in total. The lowest BCUT2D eigenvalue weighted by atomic mass is 10.0. The van der Waals surface area contributed by atoms with Crippen LogP contribution in [0.1, 0.15) is 44.1 Å². The van der Waals surface area contributed by atoms with Crippen LogP contribution in [0.2, 0.25) is 0 Å². The van der Waals surface area contributed by atoms with Gasteiger partial charge in [0.25, 0.3) is 0 Å². The van der Waals surface area contributed by atoms with Gasteiger partial charge in [-0.1, -0.05) is 25.7 Å². The minimum atomic E-state index is 0.447. The molecule has 1 aliphatic carbocycles. The summed E-state index contributed by atoms with van der Waals surface area (Å²) in [5.74, 6) is 1.07. The summed E-state index contributed by atoms with van der Waals surface area (Å²) in [4.78, 5) is 4.09. The molecule has 1 aromatic rings. The predicted octanol–water partition coefficient (Wildman–Crippen LogP) is 2.88. The van der Waals surface area contributed by atoms with E-state index < -0.39 is 0 Å². The van der Waals surface area contributed by atoms with Crippen LogP contribution in [-0.2, 0) is 0 Å². The predicted molar refractivity (Wildman–Crippen MR) is 70.1 cm³/mol. The van der Waals surface area contributed by atoms with Crippen LogP contribution in [0, 0.1) is 17.2 Å². The number of nitrogen functional groups attached to an aromatic ring is 1. The van der Waals surface area contributed by atoms with Gasteiger partial charge in [-0.15, -0.1) is 0 Å². The lowest BCUT2D eigenvalue weighted by molar-refractivity contribution is 0.227. The molecule has 0 spiro atoms. The van der Waals surface area contributed by atoms with Gasteiger partial charge < -0.3 is 10.5 Å². The van der Waals surface area contributed by atoms with E-state index in [9.17, 15) is 0 Å². The average Bonchev–Trinajstić information content (AvgIpc) is 2.66. The highest BCUT2D eigenvalue weighted by Gasteiger charge is 2.14. The second-order valence-corrected chi connectivity index (χ2v) is 4.90. The van der Waals surface area contributed by atoms with E-state index in [0.717, 1.165) is 0 Å². The van der Waals surface area contributed by atoms with Crippen LogP contribution in [0.25, 0.3) is 0 Å². The monoisotopic (exact) mass is 245 g/mol. The van der Waals surface area contributed by atoms with E-state index in [1.54, 1.807) is 6.07 Å². The van der Waals surface area contributed by atoms with Crippen LogP contribution in [0.5, 0.6) is 5.88 Å². The second-order valence-electron chi connectivity index (χ2n) is 4.90. The third-order valence-electron chi connectivity index (χ3n) is 3.44. The summed E-state index contributed by atoms with van der Waals surface area (Å²) in [7, 11) is 0. The number of nitrogens with zero attached hydrogens (tertiary/aromatic N) is 2. The van der Waals surface area contributed by atoms with Gasteiger partial charge in [-0.25, -0.2) is 4.98 Å². The summed E-state index contributed by atoms with van der Waals surface area (Å²) in [5, 5.41) is 8.73. The zero-order chi connectivity index (χ0) is 12.8. The topological polar surface area (TPSA) is 71.9 Å². The first-order valence-electron chi connectivity index (χ1n) is 6.58. The van der Waals surface area contributed by atoms with Gasteiger partial charge in [0.2, 0.25) is 5.88 Å². The van der Waals surface area contributed by atoms with E-state index in [1.165, 1.54) is 44.7 Å². The quantitative estimate of drug-likeness (QED) is 0.831. The van der Waals surface area contributed by atoms with Gasteiger partial charge in [-0.2, -0.15) is 5.26 Å². The van der Waals surface area contributed by atoms with Crippen molar-refractivity contribution in [3.63, 3.8) is 0 Å². The van der Waals surface area contributed by atoms with Crippen molar-refractivity contribution in [2.45, 2.75) is 38.5 Å². The van der Waals surface area contributed by atoms with Crippen molar-refractivity contribution in [3.05, 3.63) is 17.8 Å². The van der Waals surface area contributed by atoms with Crippen LogP contribution in [0.15, 0.2) is 12.3 Å². The van der Waals surface area contributed by atoms with Gasteiger partial charge in [-0.05, 0) is 24.8 Å². The summed E-state index contributed by atoms with van der Waals surface area (Å²) in [6.45, 7) is 0.684. The molecule has 0 amide bonds. The van der Waals surface area contributed by atoms with E-state index in [2.05, 4.69) is 4.98 Å². The number of hydrogen-bond acceptors (Lipinski definition) is 4. The fourth-order valence-electron chi connectivity index (χ4n) is 2.38. The first-order valence-corrected chi connectivity index (χ1v) is 6.58. The van der Waals surface area contributed by atoms with E-state index in [1.807, 2.05) is 6.07 Å². The molecule has 1 saturated carbocycles. The van der Waals surface area contributed by atoms with Crippen molar-refractivity contribution in [2.75, 3.05) is 12.3 Å². The number of aromatic nitrogens is 1. The molecule has 1 aliphatic rings. The van der Waals surface area contributed by atoms with E-state index >= 15 is 0 Å². The van der Waals surface area contributed by atoms with E-state index in [4.69, 9.17) is 15.7 Å². The molecule has 2 N–H and O–H groups in total. The minimum absolute atomic E-state index is 0.447. The molecule has 2 rings (SSSR count). The van der Waals surface area contributed by atoms with Crippen molar-refractivity contribution in [3.8, 4) is 11.9 Å². The summed E-state index contributed by atoms with van der Waals surface area (Å²) < 4.78 is 5.69. The molecule has 0 bridgehead atoms. The Kier molecular flexibility index (Phi) is 4.40. The fraction of sp³-hybridized carbons (Fsp3) is 0.571. The Morgan fingerprint density at radius 3 is 2.67 bits per heavy atom. The number of anilines is 1. The lowest BCUT2D eigenvalue weighted by Crippen LogP contribution is -2.12. The molecular formula is C14H19N3O. The number of nitrogens with two attached hydrogens (primary N) is 1. The zero-order valence-corrected chi connectivity index (χ0v) is 10.6. The Morgan fingerprint density at radius 2 is 2.06 bits per heavy atom. The third kappa shape index (κ3) is 3.36. The second kappa shape index (κ2) is 6.25. The molecule has 0 unspecified atom stereocenters. The van der Waals surface area contributed by atoms with Gasteiger partial charge in [0, 0.05) is 6.20 Å². The van der Waals surface area contributed by atoms with E-state index in [-0.39, 0.29) is 0 Å². The molecule has 0 aromatic carbocycles. The molecule has 1 heterocycles. The Morgan fingerprint density at radius 1 is 1.33 bits per heavy atom. The average molecular weight is 245 g/mol. The maximum Gasteiger partial charge on any atom is 0.237 e. The van der Waals surface area contributed by atoms with Gasteiger partial charge >= 0.3 is 0 Å². The standard InChI is InChI=1S/C14H19N3O/c15-8-12-7-13(16)14(17-9-12)18-10-11-5-3-1-2-4-6-11/h7,9,11H,1-6,10,16H2. The van der Waals surface area contributed by atoms with Gasteiger partial charge in [0.15, 0.2) is 0 Å². The molecule has 0 radical (unpaired) electrons. The number of nitriles is 1. The Labute approximate surface area is 108 Å². The summed E-state index contributed by atoms with van der Waals surface area (Å²) in [5.41, 5.74) is 6.72. The molecule has 1 fully saturated rings. The molecule has 0 saturated heterocycles. The van der Waals surface area contributed by atoms with Crippen molar-refractivity contribution >= 4 is 5.69 Å². The van der Waals surface area contributed by atoms with Crippen molar-refractivity contribution in [1.82, 2.24) is 4.98 Å². The lowest BCUT2D eigenvalue weighted by Gasteiger charge is -2.15. The number of hydrogen-bond donors (Lipinski definition) is 1. The number of pyridine rings is 1. The van der Waals surface area contributed by atoms with Crippen LogP contribution >= 0.6 is 0 Å². The Hall–Kier alpha value is -1.76. The molecule has 96 valence electrons. The summed E-state index contributed by atoms with van der Waals surface area (Å²) >= 11 is 0. The van der Waals surface area contributed by atoms with Crippen molar-refractivity contribution in [1.29, 1.82) is 5.26 Å². The van der Waals surface area contributed by atoms with E-state index in [0.29, 0.717) is 29.7 Å². The van der Waals surface area contributed by atoms with Crippen molar-refractivity contribution < 1.29 is 4.74 Å². The Balaban J connectivity index is 1.91. The first-order chi connectivity index (χ1) is 8.79. The van der Waals surface area contributed by atoms with Crippen molar-refractivity contribution in [2.24, 2.45) is 5.92 Å². The molecular weight excluding hydrogens is 226 g/mol. The fourth-order valence-corrected chi connectivity index (χ4v) is 2.38. The highest BCUT2D eigenvalue weighted by atomic mass is 16.5. The van der Waals surface area contributed by atoms with Crippen LogP contribution in [0.3, 0.4) is 0 Å². The third-order valence-corrected chi connectivity index (χ3v) is 3.44. The molecule has 18 heavy (non-hydrogen) atoms. The van der Waals surface area contributed by atoms with Crippen LogP contribution in [-0.4, -0.2) is 11.6 Å². The highest BCUT2D eigenvalue weighted by Crippen LogP contribution is 2.25. The number of rotatable bonds is 3. The van der Waals surface area contributed by atoms with Crippen LogP contribution < -0.4 is 10.5 Å². The van der Waals surface area contributed by atoms with Crippen LogP contribution in [0.4, 0.5) is 5.69 Å². The summed E-state index contributed by atoms with van der Waals surface area (Å²) in [6, 6.07) is 3.62. The largest absolute Gasteiger partial charge is 0.476 e. The van der Waals surface area contributed by atoms with Gasteiger partial charge in [0.05, 0.1) is 17.9 Å². The maximum absolute atomic E-state index is 8.73. The molecule has 4 heteroatoms. The molecule has 0 aliphatic heterocycles. The summed E-state index contributed by atoms with van der Waals surface area (Å²) in [6.07, 6.45) is 9.24. The smallest absolute Gasteiger partial charge is 0.237 e. The normalized spacial score (nSPS) is 16.8. The zero-order valence-electron chi connectivity index (χ0n) is 10.6. The minimum Gasteiger partial charge on any atom is -0.476 e. The molecule has 0 atom stereocenters. The maximum atomic E-state index is 8.73. The molecule has 1 aromatic heterocycles. The van der Waals surface area contributed by atoms with Gasteiger partial charge in [0.1, 0.15) is 6.07 Å². The first kappa shape index (κ1) is 12.7. The van der Waals surface area contributed by atoms with Gasteiger partial charge in [-0.3, -0.25) is 0 Å². The Bertz CT molecular complexity index is 431. The SMILES string of the molecule is N#Cc1cnc(OCC2CCCCCC2)c(N)c1. The number of ether oxygens (including phenoxy) is 1.